The number of hydrogen-bond donors (Lipinski definition) is 5. The Bertz CT molecular complexity index is 3840. The number of hydrogen-bond acceptors (Lipinski definition) is 15. The van der Waals surface area contributed by atoms with Gasteiger partial charge in [-0.05, 0) is 104 Å². The van der Waals surface area contributed by atoms with E-state index in [0.29, 0.717) is 9.99 Å². The molecule has 0 radical (unpaired) electrons. The van der Waals surface area contributed by atoms with E-state index in [1.54, 1.807) is 16.8 Å². The second-order valence-corrected chi connectivity index (χ2v) is 18.8. The van der Waals surface area contributed by atoms with Crippen molar-refractivity contribution in [2.75, 3.05) is 33.7 Å². The van der Waals surface area contributed by atoms with Gasteiger partial charge in [0.15, 0.2) is 34.5 Å². The molecule has 7 aromatic rings. The van der Waals surface area contributed by atoms with E-state index in [1.807, 2.05) is 30.3 Å². The van der Waals surface area contributed by atoms with Crippen LogP contribution in [-0.2, 0) is 40.3 Å². The van der Waals surface area contributed by atoms with Gasteiger partial charge in [-0.15, -0.1) is 65.9 Å². The number of para-hydroxylation sites is 3. The van der Waals surface area contributed by atoms with Gasteiger partial charge in [0.25, 0.3) is 0 Å². The molecular formula is C57H48BrF15N6O15S. The number of Topliss-reactive ketones (excluding diaryl/α,β-unsaturated/α-hetero) is 1. The summed E-state index contributed by atoms with van der Waals surface area (Å²) in [6, 6.07) is 29.6. The largest absolute Gasteiger partial charge is 0.573 e. The van der Waals surface area contributed by atoms with Crippen molar-refractivity contribution in [3.63, 3.8) is 0 Å². The summed E-state index contributed by atoms with van der Waals surface area (Å²) in [5.74, 6) is -6.39. The zero-order chi connectivity index (χ0) is 72.4. The summed E-state index contributed by atoms with van der Waals surface area (Å²) in [6.45, 7) is 7.10. The predicted molar refractivity (Wildman–Crippen MR) is 312 cm³/mol. The molecule has 5 amide bonds. The first-order chi connectivity index (χ1) is 43.8. The average molecular weight is 1450 g/mol. The lowest BCUT2D eigenvalue weighted by molar-refractivity contribution is -0.275. The van der Waals surface area contributed by atoms with E-state index in [4.69, 9.17) is 8.42 Å². The number of esters is 1. The topological polar surface area (TPSA) is 274 Å². The van der Waals surface area contributed by atoms with Crippen LogP contribution < -0.4 is 50.3 Å². The fourth-order valence-electron chi connectivity index (χ4n) is 7.00. The predicted octanol–water partition coefficient (Wildman–Crippen LogP) is 14.7. The van der Waals surface area contributed by atoms with Crippen LogP contribution in [0.25, 0.3) is 16.6 Å². The van der Waals surface area contributed by atoms with E-state index in [0.717, 1.165) is 57.0 Å². The fraction of sp³-hybridized carbons (Fsp3) is 0.211. The molecule has 0 atom stereocenters. The molecule has 6 aromatic carbocycles. The zero-order valence-corrected chi connectivity index (χ0v) is 51.6. The minimum atomic E-state index is -4.94. The van der Waals surface area contributed by atoms with Gasteiger partial charge in [-0.3, -0.25) is 28.8 Å². The van der Waals surface area contributed by atoms with E-state index in [-0.39, 0.29) is 45.0 Å². The maximum atomic E-state index is 12.8. The molecule has 0 saturated carbocycles. The Morgan fingerprint density at radius 1 is 0.411 bits per heavy atom. The van der Waals surface area contributed by atoms with Gasteiger partial charge in [-0.1, -0.05) is 46.3 Å². The van der Waals surface area contributed by atoms with Crippen molar-refractivity contribution in [1.29, 1.82) is 0 Å². The highest BCUT2D eigenvalue weighted by atomic mass is 79.9. The smallest absolute Gasteiger partial charge is 0.465 e. The van der Waals surface area contributed by atoms with Gasteiger partial charge >= 0.3 is 49.4 Å². The maximum Gasteiger partial charge on any atom is 0.573 e. The number of carbonyl (C=O) groups is 7. The van der Waals surface area contributed by atoms with Crippen molar-refractivity contribution in [2.24, 2.45) is 0 Å². The van der Waals surface area contributed by atoms with Crippen LogP contribution >= 0.6 is 15.9 Å². The molecule has 1 heterocycles. The van der Waals surface area contributed by atoms with E-state index in [2.05, 4.69) is 70.9 Å². The van der Waals surface area contributed by atoms with Gasteiger partial charge in [-0.2, -0.15) is 8.42 Å². The van der Waals surface area contributed by atoms with Crippen LogP contribution in [0.4, 0.5) is 94.3 Å². The number of ether oxygens (including phenoxy) is 6. The number of nitrogens with one attached hydrogen (secondary N) is 5. The summed E-state index contributed by atoms with van der Waals surface area (Å²) in [4.78, 5) is 76.7. The van der Waals surface area contributed by atoms with Crippen LogP contribution in [0.15, 0.2) is 138 Å². The number of ketones is 1. The number of anilines is 5. The SMILES string of the molecule is CC(=O)Nc1ccc(Br)cc1OC(F)(F)F.CC(=O)Nc1ccc(C(C)=O)cc1OC(F)(F)F.CC(=O)Nc1ccc2c(ccn2-c2ccccc2)c1OC(F)(F)F.CC(=O)Nc1ccccc1OC(F)(F)F.COC(=O)c1ccc(NC(C)=O)c(OC(F)(F)F)c1.O=S=O. The quantitative estimate of drug-likeness (QED) is 0.0408. The summed E-state index contributed by atoms with van der Waals surface area (Å²) in [7, 11) is 1.09. The molecular weight excluding hydrogens is 1410 g/mol. The normalized spacial score (nSPS) is 10.9. The van der Waals surface area contributed by atoms with E-state index in [9.17, 15) is 99.4 Å². The molecule has 0 aliphatic carbocycles. The second kappa shape index (κ2) is 36.2. The van der Waals surface area contributed by atoms with Crippen LogP contribution in [0.1, 0.15) is 62.3 Å². The van der Waals surface area contributed by atoms with Crippen LogP contribution in [0, 0.1) is 0 Å². The number of rotatable bonds is 13. The standard InChI is InChI=1S/C17H13F3N2O2.C11H10F3NO4.C11H10F3NO3.C9H7BrF3NO2.C9H8F3NO2.O2S/c1-11(23)21-14-7-8-15-13(16(14)24-17(18,19)20)9-10-22(15)12-5-3-2-4-6-12;1-6(16)15-8-4-3-7(10(17)18-2)5-9(8)19-11(12,13)14;1-6(16)8-3-4-9(15-7(2)17)10(5-8)18-11(12,13)14;1-5(15)14-7-3-2-6(10)4-8(7)16-9(11,12)13;1-6(14)13-7-4-2-3-5-8(7)15-9(10,11)12;1-3-2/h2-10H,1H3,(H,21,23);3-5H,1-2H3,(H,15,16);3-5H,1-2H3,(H,15,17);2-4H,1H3,(H,14,15);2-5H,1H3,(H,13,14);. The lowest BCUT2D eigenvalue weighted by Crippen LogP contribution is -2.19. The molecule has 1 aromatic heterocycles. The lowest BCUT2D eigenvalue weighted by Gasteiger charge is -2.15. The van der Waals surface area contributed by atoms with E-state index < -0.39 is 113 Å². The van der Waals surface area contributed by atoms with Crippen molar-refractivity contribution >= 4 is 108 Å². The Hall–Kier alpha value is -10.4. The Kier molecular flexibility index (Phi) is 30.7. The number of methoxy groups -OCH3 is 1. The first kappa shape index (κ1) is 80.7. The van der Waals surface area contributed by atoms with Crippen molar-refractivity contribution in [3.05, 3.63) is 149 Å². The van der Waals surface area contributed by atoms with Crippen LogP contribution in [0.3, 0.4) is 0 Å². The monoisotopic (exact) mass is 1450 g/mol. The minimum absolute atomic E-state index is 0.0117. The lowest BCUT2D eigenvalue weighted by atomic mass is 10.1. The number of aromatic nitrogens is 1. The third kappa shape index (κ3) is 31.7. The van der Waals surface area contributed by atoms with Crippen molar-refractivity contribution in [2.45, 2.75) is 73.4 Å². The third-order valence-corrected chi connectivity index (χ3v) is 10.6. The highest BCUT2D eigenvalue weighted by molar-refractivity contribution is 9.10. The molecule has 514 valence electrons. The van der Waals surface area contributed by atoms with Gasteiger partial charge in [0, 0.05) is 61.9 Å². The summed E-state index contributed by atoms with van der Waals surface area (Å²) >= 11 is 2.26. The Morgan fingerprint density at radius 3 is 1.17 bits per heavy atom. The van der Waals surface area contributed by atoms with Gasteiger partial charge in [0.1, 0.15) is 0 Å². The molecule has 0 bridgehead atoms. The van der Waals surface area contributed by atoms with Gasteiger partial charge in [0.2, 0.25) is 29.5 Å². The summed E-state index contributed by atoms with van der Waals surface area (Å²) in [5.41, 5.74) is 0.849. The Balaban J connectivity index is 0.000000404. The van der Waals surface area contributed by atoms with Crippen LogP contribution in [0.5, 0.6) is 28.7 Å². The van der Waals surface area contributed by atoms with Gasteiger partial charge in [-0.25, -0.2) is 4.79 Å². The first-order valence-electron chi connectivity index (χ1n) is 25.4. The number of amides is 5. The zero-order valence-electron chi connectivity index (χ0n) is 49.2. The molecule has 7 rings (SSSR count). The van der Waals surface area contributed by atoms with Crippen molar-refractivity contribution in [3.8, 4) is 34.4 Å². The Labute approximate surface area is 537 Å². The molecule has 21 nitrogen and oxygen atoms in total. The highest BCUT2D eigenvalue weighted by Crippen LogP contribution is 2.40. The van der Waals surface area contributed by atoms with E-state index in [1.165, 1.54) is 88.4 Å². The minimum Gasteiger partial charge on any atom is -0.465 e. The number of nitrogens with zero attached hydrogens (tertiary/aromatic N) is 1. The molecule has 0 spiro atoms. The van der Waals surface area contributed by atoms with Crippen LogP contribution in [0.2, 0.25) is 0 Å². The fourth-order valence-corrected chi connectivity index (χ4v) is 7.34. The van der Waals surface area contributed by atoms with Gasteiger partial charge in [0.05, 0.1) is 46.6 Å². The first-order valence-corrected chi connectivity index (χ1v) is 26.8. The molecule has 0 fully saturated rings. The average Bonchev–Trinajstić information content (AvgIpc) is 1.66. The van der Waals surface area contributed by atoms with Gasteiger partial charge < -0.3 is 59.6 Å². The number of halogens is 16. The molecule has 0 unspecified atom stereocenters. The number of fused-ring (bicyclic) bond motifs is 1. The summed E-state index contributed by atoms with van der Waals surface area (Å²) in [5, 5.41) is 11.4. The van der Waals surface area contributed by atoms with Crippen LogP contribution in [-0.4, -0.2) is 93.2 Å². The maximum absolute atomic E-state index is 12.8. The molecule has 0 saturated heterocycles. The summed E-state index contributed by atoms with van der Waals surface area (Å²) in [6.07, 6.45) is -22.6. The number of alkyl halides is 15. The highest BCUT2D eigenvalue weighted by Gasteiger charge is 2.36. The number of carbonyl (C=O) groups excluding carboxylic acids is 7. The second-order valence-electron chi connectivity index (χ2n) is 17.7. The molecule has 38 heteroatoms. The van der Waals surface area contributed by atoms with Crippen molar-refractivity contribution in [1.82, 2.24) is 4.57 Å². The number of benzene rings is 6. The van der Waals surface area contributed by atoms with Crippen molar-refractivity contribution < 1.29 is 136 Å². The molecule has 0 aliphatic heterocycles. The Morgan fingerprint density at radius 2 is 0.758 bits per heavy atom. The third-order valence-electron chi connectivity index (χ3n) is 10.2. The molecule has 0 aliphatic rings. The summed E-state index contributed by atoms with van der Waals surface area (Å²) < 4.78 is 226. The molecule has 5 N–H and O–H groups in total. The van der Waals surface area contributed by atoms with E-state index >= 15 is 0 Å². The molecule has 95 heavy (non-hydrogen) atoms.